The normalized spacial score (nSPS) is 21.7. The molecule has 1 atom stereocenters. The number of para-hydroxylation sites is 1. The van der Waals surface area contributed by atoms with Gasteiger partial charge in [-0.3, -0.25) is 0 Å². The maximum absolute atomic E-state index is 6.08. The molecule has 0 fully saturated rings. The minimum Gasteiger partial charge on any atom is -0.378 e. The fraction of sp³-hybridized carbons (Fsp3) is 0.294. The molecule has 0 heterocycles. The number of hydrogen-bond acceptors (Lipinski definition) is 2. The molecule has 0 bridgehead atoms. The molecule has 0 amide bonds. The van der Waals surface area contributed by atoms with Crippen molar-refractivity contribution in [3.8, 4) is 0 Å². The zero-order chi connectivity index (χ0) is 13.1. The van der Waals surface area contributed by atoms with Crippen LogP contribution in [-0.4, -0.2) is 12.1 Å². The van der Waals surface area contributed by atoms with Gasteiger partial charge in [-0.2, -0.15) is 0 Å². The van der Waals surface area contributed by atoms with E-state index < -0.39 is 0 Å². The van der Waals surface area contributed by atoms with Crippen molar-refractivity contribution in [2.75, 3.05) is 11.9 Å². The quantitative estimate of drug-likeness (QED) is 0.881. The van der Waals surface area contributed by atoms with Crippen molar-refractivity contribution in [2.24, 2.45) is 5.73 Å². The van der Waals surface area contributed by atoms with Crippen LogP contribution in [0.25, 0.3) is 0 Å². The van der Waals surface area contributed by atoms with Crippen molar-refractivity contribution in [3.05, 3.63) is 65.7 Å². The predicted molar refractivity (Wildman–Crippen MR) is 80.3 cm³/mol. The van der Waals surface area contributed by atoms with Gasteiger partial charge in [-0.25, -0.2) is 0 Å². The van der Waals surface area contributed by atoms with Crippen LogP contribution in [0.4, 0.5) is 5.69 Å². The van der Waals surface area contributed by atoms with Crippen LogP contribution in [0.2, 0.25) is 0 Å². The molecule has 0 aliphatic heterocycles. The van der Waals surface area contributed by atoms with Gasteiger partial charge in [0.2, 0.25) is 0 Å². The number of aryl methyl sites for hydroxylation is 1. The lowest BCUT2D eigenvalue weighted by molar-refractivity contribution is 0.417. The van der Waals surface area contributed by atoms with Crippen LogP contribution in [0.1, 0.15) is 17.5 Å². The Bertz CT molecular complexity index is 550. The first-order chi connectivity index (χ1) is 9.31. The zero-order valence-corrected chi connectivity index (χ0v) is 11.1. The Balaban J connectivity index is 1.86. The minimum atomic E-state index is -0.00426. The third-order valence-electron chi connectivity index (χ3n) is 4.09. The molecule has 19 heavy (non-hydrogen) atoms. The second kappa shape index (κ2) is 5.06. The van der Waals surface area contributed by atoms with Crippen molar-refractivity contribution in [2.45, 2.75) is 24.8 Å². The highest BCUT2D eigenvalue weighted by Gasteiger charge is 2.32. The molecular weight excluding hydrogens is 232 g/mol. The average molecular weight is 252 g/mol. The van der Waals surface area contributed by atoms with Gasteiger partial charge in [0.1, 0.15) is 0 Å². The fourth-order valence-corrected chi connectivity index (χ4v) is 2.96. The van der Waals surface area contributed by atoms with E-state index in [1.54, 1.807) is 0 Å². The van der Waals surface area contributed by atoms with Gasteiger partial charge in [0.05, 0.1) is 5.54 Å². The number of anilines is 1. The van der Waals surface area contributed by atoms with E-state index in [1.807, 2.05) is 6.07 Å². The summed E-state index contributed by atoms with van der Waals surface area (Å²) in [6, 6.07) is 19.1. The lowest BCUT2D eigenvalue weighted by atomic mass is 9.78. The molecular formula is C17H20N2. The van der Waals surface area contributed by atoms with E-state index in [0.29, 0.717) is 6.54 Å². The van der Waals surface area contributed by atoms with E-state index in [1.165, 1.54) is 11.1 Å². The molecule has 3 rings (SSSR count). The molecule has 0 spiro atoms. The highest BCUT2D eigenvalue weighted by Crippen LogP contribution is 2.31. The molecule has 2 heteroatoms. The van der Waals surface area contributed by atoms with Crippen molar-refractivity contribution in [3.63, 3.8) is 0 Å². The molecule has 1 aliphatic carbocycles. The third kappa shape index (κ3) is 2.49. The SMILES string of the molecule is NCC1(Nc2ccccc2)CCc2ccccc2C1. The number of nitrogens with two attached hydrogens (primary N) is 1. The summed E-state index contributed by atoms with van der Waals surface area (Å²) < 4.78 is 0. The van der Waals surface area contributed by atoms with Gasteiger partial charge in [-0.15, -0.1) is 0 Å². The van der Waals surface area contributed by atoms with E-state index in [2.05, 4.69) is 53.8 Å². The highest BCUT2D eigenvalue weighted by atomic mass is 15.0. The summed E-state index contributed by atoms with van der Waals surface area (Å²) in [5, 5.41) is 3.66. The third-order valence-corrected chi connectivity index (χ3v) is 4.09. The van der Waals surface area contributed by atoms with E-state index in [-0.39, 0.29) is 5.54 Å². The van der Waals surface area contributed by atoms with Gasteiger partial charge >= 0.3 is 0 Å². The van der Waals surface area contributed by atoms with E-state index >= 15 is 0 Å². The molecule has 0 aromatic heterocycles. The first-order valence-electron chi connectivity index (χ1n) is 6.91. The standard InChI is InChI=1S/C17H20N2/c18-13-17(19-16-8-2-1-3-9-16)11-10-14-6-4-5-7-15(14)12-17/h1-9,19H,10-13,18H2. The van der Waals surface area contributed by atoms with E-state index in [4.69, 9.17) is 5.73 Å². The number of hydrogen-bond donors (Lipinski definition) is 2. The Hall–Kier alpha value is -1.80. The summed E-state index contributed by atoms with van der Waals surface area (Å²) in [5.41, 5.74) is 10.1. The molecule has 0 saturated carbocycles. The van der Waals surface area contributed by atoms with E-state index in [9.17, 15) is 0 Å². The van der Waals surface area contributed by atoms with Crippen LogP contribution in [0.15, 0.2) is 54.6 Å². The van der Waals surface area contributed by atoms with Crippen molar-refractivity contribution in [1.29, 1.82) is 0 Å². The molecule has 1 unspecified atom stereocenters. The molecule has 3 N–H and O–H groups in total. The van der Waals surface area contributed by atoms with Gasteiger partial charge in [0.15, 0.2) is 0 Å². The second-order valence-electron chi connectivity index (χ2n) is 5.42. The zero-order valence-electron chi connectivity index (χ0n) is 11.1. The summed E-state index contributed by atoms with van der Waals surface area (Å²) in [6.45, 7) is 0.663. The van der Waals surface area contributed by atoms with Gasteiger partial charge in [0.25, 0.3) is 0 Å². The maximum atomic E-state index is 6.08. The Morgan fingerprint density at radius 3 is 2.37 bits per heavy atom. The van der Waals surface area contributed by atoms with E-state index in [0.717, 1.165) is 24.9 Å². The Kier molecular flexibility index (Phi) is 3.26. The van der Waals surface area contributed by atoms with Crippen molar-refractivity contribution >= 4 is 5.69 Å². The molecule has 0 saturated heterocycles. The first kappa shape index (κ1) is 12.2. The monoisotopic (exact) mass is 252 g/mol. The molecule has 2 nitrogen and oxygen atoms in total. The summed E-state index contributed by atoms with van der Waals surface area (Å²) in [4.78, 5) is 0. The van der Waals surface area contributed by atoms with Crippen LogP contribution in [0.5, 0.6) is 0 Å². The number of fused-ring (bicyclic) bond motifs is 1. The summed E-state index contributed by atoms with van der Waals surface area (Å²) in [7, 11) is 0. The summed E-state index contributed by atoms with van der Waals surface area (Å²) >= 11 is 0. The van der Waals surface area contributed by atoms with Crippen molar-refractivity contribution < 1.29 is 0 Å². The largest absolute Gasteiger partial charge is 0.378 e. The maximum Gasteiger partial charge on any atom is 0.0539 e. The second-order valence-corrected chi connectivity index (χ2v) is 5.42. The number of nitrogens with one attached hydrogen (secondary N) is 1. The smallest absolute Gasteiger partial charge is 0.0539 e. The fourth-order valence-electron chi connectivity index (χ4n) is 2.96. The van der Waals surface area contributed by atoms with Crippen LogP contribution in [-0.2, 0) is 12.8 Å². The summed E-state index contributed by atoms with van der Waals surface area (Å²) in [5.74, 6) is 0. The van der Waals surface area contributed by atoms with Gasteiger partial charge < -0.3 is 11.1 Å². The Morgan fingerprint density at radius 1 is 0.947 bits per heavy atom. The summed E-state index contributed by atoms with van der Waals surface area (Å²) in [6.07, 6.45) is 3.21. The van der Waals surface area contributed by atoms with Crippen molar-refractivity contribution in [1.82, 2.24) is 0 Å². The van der Waals surface area contributed by atoms with Gasteiger partial charge in [0, 0.05) is 12.2 Å². The minimum absolute atomic E-state index is 0.00426. The first-order valence-corrected chi connectivity index (χ1v) is 6.91. The lowest BCUT2D eigenvalue weighted by Crippen LogP contribution is -2.49. The topological polar surface area (TPSA) is 38.0 Å². The molecule has 98 valence electrons. The lowest BCUT2D eigenvalue weighted by Gasteiger charge is -2.39. The predicted octanol–water partition coefficient (Wildman–Crippen LogP) is 2.98. The van der Waals surface area contributed by atoms with Crippen LogP contribution in [0, 0.1) is 0 Å². The molecule has 0 radical (unpaired) electrons. The van der Waals surface area contributed by atoms with Gasteiger partial charge in [-0.1, -0.05) is 42.5 Å². The Labute approximate surface area is 114 Å². The average Bonchev–Trinajstić information content (AvgIpc) is 2.48. The van der Waals surface area contributed by atoms with Crippen LogP contribution >= 0.6 is 0 Å². The molecule has 2 aromatic carbocycles. The molecule has 2 aromatic rings. The Morgan fingerprint density at radius 2 is 1.63 bits per heavy atom. The highest BCUT2D eigenvalue weighted by molar-refractivity contribution is 5.47. The number of rotatable bonds is 3. The number of benzene rings is 2. The van der Waals surface area contributed by atoms with Crippen LogP contribution < -0.4 is 11.1 Å². The molecule has 1 aliphatic rings. The van der Waals surface area contributed by atoms with Crippen LogP contribution in [0.3, 0.4) is 0 Å². The van der Waals surface area contributed by atoms with Gasteiger partial charge in [-0.05, 0) is 42.5 Å².